The third kappa shape index (κ3) is 3.47. The number of ether oxygens (including phenoxy) is 1. The highest BCUT2D eigenvalue weighted by Crippen LogP contribution is 2.14. The molecule has 4 nitrogen and oxygen atoms in total. The van der Waals surface area contributed by atoms with E-state index in [0.29, 0.717) is 6.07 Å². The summed E-state index contributed by atoms with van der Waals surface area (Å²) in [7, 11) is 1.34. The van der Waals surface area contributed by atoms with Gasteiger partial charge in [0, 0.05) is 18.9 Å². The van der Waals surface area contributed by atoms with Crippen molar-refractivity contribution in [1.82, 2.24) is 0 Å². The lowest BCUT2D eigenvalue weighted by molar-refractivity contribution is -0.139. The zero-order valence-electron chi connectivity index (χ0n) is 8.54. The molecule has 6 heteroatoms. The van der Waals surface area contributed by atoms with Crippen LogP contribution >= 0.6 is 0 Å². The first-order valence-electron chi connectivity index (χ1n) is 4.47. The molecule has 0 bridgehead atoms. The minimum absolute atomic E-state index is 0.0574. The number of halogens is 2. The highest BCUT2D eigenvalue weighted by molar-refractivity contribution is 5.77. The van der Waals surface area contributed by atoms with Crippen LogP contribution in [0.5, 0.6) is 0 Å². The molecule has 2 N–H and O–H groups in total. The number of hydrogen-bond acceptors (Lipinski definition) is 3. The van der Waals surface area contributed by atoms with Gasteiger partial charge in [-0.1, -0.05) is 0 Å². The molecule has 1 aromatic carbocycles. The van der Waals surface area contributed by atoms with Crippen molar-refractivity contribution in [3.63, 3.8) is 0 Å². The zero-order chi connectivity index (χ0) is 12.1. The topological polar surface area (TPSA) is 58.6 Å². The monoisotopic (exact) mass is 231 g/mol. The minimum atomic E-state index is -1.16. The fourth-order valence-corrected chi connectivity index (χ4v) is 1.18. The van der Waals surface area contributed by atoms with Crippen LogP contribution in [0.1, 0.15) is 0 Å². The van der Waals surface area contributed by atoms with Gasteiger partial charge in [0.2, 0.25) is 0 Å². The summed E-state index contributed by atoms with van der Waals surface area (Å²) in [6.07, 6.45) is 0. The molecule has 0 radical (unpaired) electrons. The van der Waals surface area contributed by atoms with E-state index in [1.807, 2.05) is 0 Å². The number of carbonyl (C=O) groups is 1. The number of nitrogens with one attached hydrogen (secondary N) is 1. The second-order valence-electron chi connectivity index (χ2n) is 3.15. The Balaban J connectivity index is 2.80. The van der Waals surface area contributed by atoms with Crippen molar-refractivity contribution < 1.29 is 23.4 Å². The maximum Gasteiger partial charge on any atom is 0.328 e. The van der Waals surface area contributed by atoms with Crippen molar-refractivity contribution in [2.75, 3.05) is 19.0 Å². The van der Waals surface area contributed by atoms with E-state index >= 15 is 0 Å². The van der Waals surface area contributed by atoms with Crippen molar-refractivity contribution in [2.45, 2.75) is 6.04 Å². The van der Waals surface area contributed by atoms with Gasteiger partial charge < -0.3 is 15.2 Å². The molecule has 0 aliphatic rings. The molecule has 1 rings (SSSR count). The summed E-state index contributed by atoms with van der Waals surface area (Å²) in [5.74, 6) is -2.71. The van der Waals surface area contributed by atoms with E-state index in [2.05, 4.69) is 10.1 Å². The normalized spacial score (nSPS) is 12.2. The molecule has 0 aromatic heterocycles. The first-order chi connectivity index (χ1) is 7.52. The molecule has 0 spiro atoms. The molecule has 0 aliphatic heterocycles. The van der Waals surface area contributed by atoms with Gasteiger partial charge in [-0.3, -0.25) is 0 Å². The van der Waals surface area contributed by atoms with E-state index < -0.39 is 23.6 Å². The summed E-state index contributed by atoms with van der Waals surface area (Å²) >= 11 is 0. The molecule has 0 saturated heterocycles. The van der Waals surface area contributed by atoms with Crippen LogP contribution in [0.25, 0.3) is 0 Å². The van der Waals surface area contributed by atoms with Gasteiger partial charge in [0.15, 0.2) is 0 Å². The molecule has 0 aliphatic carbocycles. The van der Waals surface area contributed by atoms with Crippen LogP contribution < -0.4 is 5.32 Å². The lowest BCUT2D eigenvalue weighted by Gasteiger charge is -2.14. The van der Waals surface area contributed by atoms with Crippen LogP contribution in [0, 0.1) is 11.6 Å². The Bertz CT molecular complexity index is 364. The third-order valence-electron chi connectivity index (χ3n) is 1.83. The lowest BCUT2D eigenvalue weighted by atomic mass is 10.2. The molecule has 1 atom stereocenters. The smallest absolute Gasteiger partial charge is 0.328 e. The van der Waals surface area contributed by atoms with Crippen molar-refractivity contribution >= 4 is 11.7 Å². The van der Waals surface area contributed by atoms with Crippen molar-refractivity contribution in [2.24, 2.45) is 0 Å². The fourth-order valence-electron chi connectivity index (χ4n) is 1.18. The maximum absolute atomic E-state index is 12.8. The van der Waals surface area contributed by atoms with E-state index in [-0.39, 0.29) is 12.3 Å². The first kappa shape index (κ1) is 12.4. The molecular weight excluding hydrogens is 220 g/mol. The van der Waals surface area contributed by atoms with Gasteiger partial charge in [0.25, 0.3) is 0 Å². The average molecular weight is 231 g/mol. The molecule has 0 heterocycles. The van der Waals surface area contributed by atoms with Gasteiger partial charge in [-0.2, -0.15) is 0 Å². The summed E-state index contributed by atoms with van der Waals surface area (Å²) in [6.45, 7) is -0.104. The summed E-state index contributed by atoms with van der Waals surface area (Å²) in [5, 5.41) is 11.2. The van der Waals surface area contributed by atoms with Crippen LogP contribution in [0.15, 0.2) is 18.2 Å². The number of aliphatic carboxylic acids is 1. The molecule has 1 unspecified atom stereocenters. The SMILES string of the molecule is COCC(Nc1cc(F)cc(F)c1)C(=O)O. The van der Waals surface area contributed by atoms with E-state index in [1.54, 1.807) is 0 Å². The molecule has 1 aromatic rings. The number of hydrogen-bond donors (Lipinski definition) is 2. The van der Waals surface area contributed by atoms with Crippen molar-refractivity contribution in [1.29, 1.82) is 0 Å². The Morgan fingerprint density at radius 3 is 2.44 bits per heavy atom. The van der Waals surface area contributed by atoms with Gasteiger partial charge in [-0.15, -0.1) is 0 Å². The van der Waals surface area contributed by atoms with Crippen LogP contribution in [0.3, 0.4) is 0 Å². The highest BCUT2D eigenvalue weighted by Gasteiger charge is 2.17. The Kier molecular flexibility index (Phi) is 4.19. The van der Waals surface area contributed by atoms with E-state index in [1.165, 1.54) is 7.11 Å². The second-order valence-corrected chi connectivity index (χ2v) is 3.15. The standard InChI is InChI=1S/C10H11F2NO3/c1-16-5-9(10(14)15)13-8-3-6(11)2-7(12)4-8/h2-4,9,13H,5H2,1H3,(H,14,15). The van der Waals surface area contributed by atoms with E-state index in [4.69, 9.17) is 5.11 Å². The van der Waals surface area contributed by atoms with Gasteiger partial charge in [0.05, 0.1) is 6.61 Å². The molecule has 16 heavy (non-hydrogen) atoms. The quantitative estimate of drug-likeness (QED) is 0.805. The average Bonchev–Trinajstić information content (AvgIpc) is 2.15. The number of methoxy groups -OCH3 is 1. The van der Waals surface area contributed by atoms with E-state index in [0.717, 1.165) is 12.1 Å². The molecule has 88 valence electrons. The van der Waals surface area contributed by atoms with Gasteiger partial charge >= 0.3 is 5.97 Å². The Morgan fingerprint density at radius 1 is 1.44 bits per heavy atom. The summed E-state index contributed by atoms with van der Waals surface area (Å²) in [4.78, 5) is 10.7. The van der Waals surface area contributed by atoms with Gasteiger partial charge in [-0.05, 0) is 12.1 Å². The second kappa shape index (κ2) is 5.41. The first-order valence-corrected chi connectivity index (χ1v) is 4.47. The van der Waals surface area contributed by atoms with Crippen molar-refractivity contribution in [3.8, 4) is 0 Å². The largest absolute Gasteiger partial charge is 0.480 e. The van der Waals surface area contributed by atoms with E-state index in [9.17, 15) is 13.6 Å². The molecule has 0 fully saturated rings. The summed E-state index contributed by atoms with van der Waals surface area (Å²) in [6, 6.07) is 1.67. The Labute approximate surface area is 90.8 Å². The predicted molar refractivity (Wildman–Crippen MR) is 53.3 cm³/mol. The highest BCUT2D eigenvalue weighted by atomic mass is 19.1. The summed E-state index contributed by atoms with van der Waals surface area (Å²) < 4.78 is 30.3. The van der Waals surface area contributed by atoms with Gasteiger partial charge in [-0.25, -0.2) is 13.6 Å². The van der Waals surface area contributed by atoms with Crippen molar-refractivity contribution in [3.05, 3.63) is 29.8 Å². The Hall–Kier alpha value is -1.69. The van der Waals surface area contributed by atoms with Crippen LogP contribution in [-0.4, -0.2) is 30.8 Å². The van der Waals surface area contributed by atoms with Gasteiger partial charge in [0.1, 0.15) is 17.7 Å². The molecule has 0 amide bonds. The molecular formula is C10H11F2NO3. The fraction of sp³-hybridized carbons (Fsp3) is 0.300. The lowest BCUT2D eigenvalue weighted by Crippen LogP contribution is -2.33. The van der Waals surface area contributed by atoms with Crippen LogP contribution in [0.2, 0.25) is 0 Å². The summed E-state index contributed by atoms with van der Waals surface area (Å²) in [5.41, 5.74) is 0.0574. The number of rotatable bonds is 5. The zero-order valence-corrected chi connectivity index (χ0v) is 8.54. The van der Waals surface area contributed by atoms with Crippen LogP contribution in [0.4, 0.5) is 14.5 Å². The Morgan fingerprint density at radius 2 is 2.00 bits per heavy atom. The predicted octanol–water partition coefficient (Wildman–Crippen LogP) is 1.48. The number of carboxylic acids is 1. The number of benzene rings is 1. The van der Waals surface area contributed by atoms with Crippen LogP contribution in [-0.2, 0) is 9.53 Å². The molecule has 0 saturated carbocycles. The minimum Gasteiger partial charge on any atom is -0.480 e. The number of anilines is 1. The maximum atomic E-state index is 12.8. The number of carboxylic acid groups (broad SMARTS) is 1. The third-order valence-corrected chi connectivity index (χ3v) is 1.83.